The Kier molecular flexibility index (Phi) is 7.87. The Morgan fingerprint density at radius 1 is 1.14 bits per heavy atom. The maximum atomic E-state index is 11.7. The van der Waals surface area contributed by atoms with Gasteiger partial charge in [-0.25, -0.2) is 0 Å². The first-order chi connectivity index (χ1) is 10.3. The van der Waals surface area contributed by atoms with E-state index >= 15 is 0 Å². The van der Waals surface area contributed by atoms with Crippen LogP contribution in [0.1, 0.15) is 72.1 Å². The molecule has 0 amide bonds. The number of hydrogen-bond acceptors (Lipinski definition) is 4. The molecule has 0 atom stereocenters. The first-order valence-corrected chi connectivity index (χ1v) is 8.43. The normalized spacial score (nSPS) is 22.3. The Labute approximate surface area is 133 Å². The molecule has 5 nitrogen and oxygen atoms in total. The molecule has 0 heterocycles. The van der Waals surface area contributed by atoms with E-state index in [9.17, 15) is 9.59 Å². The molecule has 1 saturated carbocycles. The molecule has 0 aromatic carbocycles. The molecule has 2 N–H and O–H groups in total. The predicted molar refractivity (Wildman–Crippen MR) is 85.7 cm³/mol. The van der Waals surface area contributed by atoms with Crippen LogP contribution in [0, 0.1) is 5.92 Å². The lowest BCUT2D eigenvalue weighted by Gasteiger charge is -2.29. The molecule has 0 aromatic rings. The van der Waals surface area contributed by atoms with Gasteiger partial charge in [0.25, 0.3) is 0 Å². The second kappa shape index (κ2) is 9.13. The van der Waals surface area contributed by atoms with Crippen molar-refractivity contribution in [2.75, 3.05) is 6.54 Å². The fourth-order valence-corrected chi connectivity index (χ4v) is 2.97. The first-order valence-electron chi connectivity index (χ1n) is 8.43. The number of nitrogens with one attached hydrogen (secondary N) is 1. The maximum absolute atomic E-state index is 11.7. The van der Waals surface area contributed by atoms with Crippen molar-refractivity contribution in [3.05, 3.63) is 0 Å². The second-order valence-electron chi connectivity index (χ2n) is 7.32. The smallest absolute Gasteiger partial charge is 0.320 e. The minimum absolute atomic E-state index is 0.191. The van der Waals surface area contributed by atoms with Crippen molar-refractivity contribution >= 4 is 11.9 Å². The predicted octanol–water partition coefficient (Wildman–Crippen LogP) is 3.12. The molecule has 0 spiro atoms. The highest BCUT2D eigenvalue weighted by Crippen LogP contribution is 2.28. The number of carboxylic acids is 1. The van der Waals surface area contributed by atoms with Crippen LogP contribution in [0.5, 0.6) is 0 Å². The van der Waals surface area contributed by atoms with E-state index in [4.69, 9.17) is 9.84 Å². The fourth-order valence-electron chi connectivity index (χ4n) is 2.97. The third-order valence-corrected chi connectivity index (χ3v) is 4.05. The second-order valence-corrected chi connectivity index (χ2v) is 7.32. The van der Waals surface area contributed by atoms with Crippen molar-refractivity contribution < 1.29 is 19.4 Å². The summed E-state index contributed by atoms with van der Waals surface area (Å²) in [6.45, 7) is 5.91. The number of esters is 1. The summed E-state index contributed by atoms with van der Waals surface area (Å²) in [4.78, 5) is 22.1. The number of rotatable bonds is 8. The number of hydrogen-bond donors (Lipinski definition) is 2. The van der Waals surface area contributed by atoms with Crippen LogP contribution in [0.2, 0.25) is 0 Å². The molecule has 0 aliphatic heterocycles. The van der Waals surface area contributed by atoms with Crippen molar-refractivity contribution in [1.82, 2.24) is 5.32 Å². The number of ether oxygens (including phenoxy) is 1. The third-order valence-electron chi connectivity index (χ3n) is 4.05. The molecule has 5 heteroatoms. The Morgan fingerprint density at radius 3 is 2.32 bits per heavy atom. The van der Waals surface area contributed by atoms with Gasteiger partial charge in [0, 0.05) is 12.5 Å². The maximum Gasteiger partial charge on any atom is 0.320 e. The molecule has 22 heavy (non-hydrogen) atoms. The van der Waals surface area contributed by atoms with Gasteiger partial charge in [-0.3, -0.25) is 9.59 Å². The Bertz CT molecular complexity index is 354. The quantitative estimate of drug-likeness (QED) is 0.532. The summed E-state index contributed by atoms with van der Waals surface area (Å²) in [5, 5.41) is 11.9. The van der Waals surface area contributed by atoms with E-state index in [-0.39, 0.29) is 18.9 Å². The van der Waals surface area contributed by atoms with Gasteiger partial charge in [-0.05, 0) is 58.8 Å². The van der Waals surface area contributed by atoms with Gasteiger partial charge >= 0.3 is 11.9 Å². The number of carbonyl (C=O) groups excluding carboxylic acids is 1. The number of unbranched alkanes of at least 4 members (excludes halogenated alkanes) is 1. The number of aliphatic carboxylic acids is 1. The number of carboxylic acid groups (broad SMARTS) is 1. The zero-order chi connectivity index (χ0) is 16.6. The van der Waals surface area contributed by atoms with Crippen LogP contribution in [0.4, 0.5) is 0 Å². The summed E-state index contributed by atoms with van der Waals surface area (Å²) in [6.07, 6.45) is 7.72. The highest BCUT2D eigenvalue weighted by atomic mass is 16.6. The highest BCUT2D eigenvalue weighted by Gasteiger charge is 2.22. The molecule has 0 aromatic heterocycles. The van der Waals surface area contributed by atoms with Gasteiger partial charge in [-0.15, -0.1) is 0 Å². The van der Waals surface area contributed by atoms with Crippen LogP contribution in [0.15, 0.2) is 0 Å². The Morgan fingerprint density at radius 2 is 1.77 bits per heavy atom. The van der Waals surface area contributed by atoms with E-state index < -0.39 is 11.6 Å². The molecule has 0 saturated heterocycles. The van der Waals surface area contributed by atoms with Crippen LogP contribution in [-0.2, 0) is 14.3 Å². The lowest BCUT2D eigenvalue weighted by Crippen LogP contribution is -2.39. The minimum atomic E-state index is -0.699. The summed E-state index contributed by atoms with van der Waals surface area (Å²) in [6, 6.07) is 0.405. The van der Waals surface area contributed by atoms with Crippen molar-refractivity contribution in [3.63, 3.8) is 0 Å². The number of carbonyl (C=O) groups is 2. The van der Waals surface area contributed by atoms with Gasteiger partial charge < -0.3 is 15.2 Å². The van der Waals surface area contributed by atoms with Gasteiger partial charge in [0.05, 0.1) is 6.54 Å². The molecule has 1 aliphatic carbocycles. The molecular weight excluding hydrogens is 282 g/mol. The van der Waals surface area contributed by atoms with Crippen LogP contribution in [0.25, 0.3) is 0 Å². The largest absolute Gasteiger partial charge is 0.481 e. The van der Waals surface area contributed by atoms with Crippen molar-refractivity contribution in [3.8, 4) is 0 Å². The molecule has 0 bridgehead atoms. The van der Waals surface area contributed by atoms with E-state index in [1.54, 1.807) is 0 Å². The first kappa shape index (κ1) is 18.9. The molecule has 0 radical (unpaired) electrons. The molecule has 1 fully saturated rings. The average molecular weight is 313 g/mol. The summed E-state index contributed by atoms with van der Waals surface area (Å²) >= 11 is 0. The van der Waals surface area contributed by atoms with Gasteiger partial charge in [-0.1, -0.05) is 12.8 Å². The third kappa shape index (κ3) is 9.03. The van der Waals surface area contributed by atoms with Crippen molar-refractivity contribution in [2.45, 2.75) is 83.8 Å². The summed E-state index contributed by atoms with van der Waals surface area (Å²) in [7, 11) is 0. The van der Waals surface area contributed by atoms with E-state index in [1.807, 2.05) is 20.8 Å². The van der Waals surface area contributed by atoms with E-state index in [0.717, 1.165) is 32.1 Å². The lowest BCUT2D eigenvalue weighted by atomic mass is 9.83. The van der Waals surface area contributed by atoms with Crippen LogP contribution in [0.3, 0.4) is 0 Å². The Balaban J connectivity index is 2.10. The fraction of sp³-hybridized carbons (Fsp3) is 0.882. The van der Waals surface area contributed by atoms with Crippen LogP contribution >= 0.6 is 0 Å². The minimum Gasteiger partial charge on any atom is -0.481 e. The average Bonchev–Trinajstić information content (AvgIpc) is 2.40. The van der Waals surface area contributed by atoms with Gasteiger partial charge in [0.15, 0.2) is 0 Å². The SMILES string of the molecule is CC(C)(C)OC(=O)CN[C@H]1CC[C@H](CCCCC(=O)O)CC1. The van der Waals surface area contributed by atoms with Gasteiger partial charge in [-0.2, -0.15) is 0 Å². The molecule has 1 aliphatic rings. The summed E-state index contributed by atoms with van der Waals surface area (Å²) in [5.74, 6) is -0.174. The van der Waals surface area contributed by atoms with Crippen molar-refractivity contribution in [1.29, 1.82) is 0 Å². The highest BCUT2D eigenvalue weighted by molar-refractivity contribution is 5.72. The lowest BCUT2D eigenvalue weighted by molar-refractivity contribution is -0.153. The molecule has 1 rings (SSSR count). The van der Waals surface area contributed by atoms with E-state index in [0.29, 0.717) is 12.0 Å². The standard InChI is InChI=1S/C17H31NO4/c1-17(2,3)22-16(21)12-18-14-10-8-13(9-11-14)6-4-5-7-15(19)20/h13-14,18H,4-12H2,1-3H3,(H,19,20)/t13-,14-. The van der Waals surface area contributed by atoms with Crippen molar-refractivity contribution in [2.24, 2.45) is 5.92 Å². The zero-order valence-electron chi connectivity index (χ0n) is 14.2. The Hall–Kier alpha value is -1.10. The van der Waals surface area contributed by atoms with E-state index in [2.05, 4.69) is 5.32 Å². The molecular formula is C17H31NO4. The summed E-state index contributed by atoms with van der Waals surface area (Å²) in [5.41, 5.74) is -0.424. The van der Waals surface area contributed by atoms with Crippen LogP contribution in [-0.4, -0.2) is 35.2 Å². The van der Waals surface area contributed by atoms with E-state index in [1.165, 1.54) is 12.8 Å². The monoisotopic (exact) mass is 313 g/mol. The van der Waals surface area contributed by atoms with Gasteiger partial charge in [0.2, 0.25) is 0 Å². The molecule has 0 unspecified atom stereocenters. The van der Waals surface area contributed by atoms with Crippen LogP contribution < -0.4 is 5.32 Å². The summed E-state index contributed by atoms with van der Waals surface area (Å²) < 4.78 is 5.29. The zero-order valence-corrected chi connectivity index (χ0v) is 14.2. The molecule has 128 valence electrons. The topological polar surface area (TPSA) is 75.6 Å². The van der Waals surface area contributed by atoms with Gasteiger partial charge in [0.1, 0.15) is 5.60 Å².